The van der Waals surface area contributed by atoms with Gasteiger partial charge in [0.1, 0.15) is 18.2 Å². The predicted molar refractivity (Wildman–Crippen MR) is 84.7 cm³/mol. The van der Waals surface area contributed by atoms with Gasteiger partial charge in [-0.2, -0.15) is 0 Å². The number of hydrogen-bond acceptors (Lipinski definition) is 5. The molecule has 0 fully saturated rings. The van der Waals surface area contributed by atoms with E-state index < -0.39 is 23.7 Å². The van der Waals surface area contributed by atoms with Crippen LogP contribution in [-0.2, 0) is 19.0 Å². The van der Waals surface area contributed by atoms with E-state index in [2.05, 4.69) is 12.2 Å². The van der Waals surface area contributed by atoms with E-state index in [-0.39, 0.29) is 12.5 Å². The molecule has 0 aromatic carbocycles. The van der Waals surface area contributed by atoms with Gasteiger partial charge in [-0.15, -0.1) is 0 Å². The normalized spacial score (nSPS) is 12.9. The highest BCUT2D eigenvalue weighted by atomic mass is 16.6. The SMILES string of the molecule is CCCCOCCOC(=O)[C@@H](NC(=O)OC(C)(C)C)C(C)C. The lowest BCUT2D eigenvalue weighted by Gasteiger charge is -2.24. The number of hydrogen-bond donors (Lipinski definition) is 1. The first-order valence-corrected chi connectivity index (χ1v) is 7.91. The molecular weight excluding hydrogens is 286 g/mol. The van der Waals surface area contributed by atoms with Crippen LogP contribution in [0, 0.1) is 5.92 Å². The van der Waals surface area contributed by atoms with Crippen LogP contribution in [0.15, 0.2) is 0 Å². The van der Waals surface area contributed by atoms with Crippen molar-refractivity contribution in [1.29, 1.82) is 0 Å². The molecule has 0 bridgehead atoms. The Morgan fingerprint density at radius 3 is 2.23 bits per heavy atom. The second-order valence-electron chi connectivity index (χ2n) is 6.50. The number of ether oxygens (including phenoxy) is 3. The molecule has 0 spiro atoms. The molecule has 0 saturated heterocycles. The summed E-state index contributed by atoms with van der Waals surface area (Å²) in [5.74, 6) is -0.569. The molecule has 1 atom stereocenters. The van der Waals surface area contributed by atoms with E-state index in [1.54, 1.807) is 20.8 Å². The van der Waals surface area contributed by atoms with Crippen molar-refractivity contribution in [3.63, 3.8) is 0 Å². The average Bonchev–Trinajstić information content (AvgIpc) is 2.37. The molecule has 0 aromatic heterocycles. The standard InChI is InChI=1S/C16H31NO5/c1-7-8-9-20-10-11-21-14(18)13(12(2)3)17-15(19)22-16(4,5)6/h12-13H,7-11H2,1-6H3,(H,17,19)/t13-/m0/s1. The van der Waals surface area contributed by atoms with Crippen molar-refractivity contribution in [2.75, 3.05) is 19.8 Å². The Labute approximate surface area is 133 Å². The fourth-order valence-corrected chi connectivity index (χ4v) is 1.57. The minimum absolute atomic E-state index is 0.0963. The van der Waals surface area contributed by atoms with Gasteiger partial charge in [-0.3, -0.25) is 0 Å². The highest BCUT2D eigenvalue weighted by Crippen LogP contribution is 2.09. The quantitative estimate of drug-likeness (QED) is 0.523. The maximum atomic E-state index is 12.0. The van der Waals surface area contributed by atoms with Gasteiger partial charge in [0.2, 0.25) is 0 Å². The summed E-state index contributed by atoms with van der Waals surface area (Å²) in [6.45, 7) is 12.3. The number of nitrogens with one attached hydrogen (secondary N) is 1. The van der Waals surface area contributed by atoms with Crippen LogP contribution in [0.5, 0.6) is 0 Å². The number of carbonyl (C=O) groups is 2. The van der Waals surface area contributed by atoms with Gasteiger partial charge in [-0.1, -0.05) is 27.2 Å². The topological polar surface area (TPSA) is 73.9 Å². The van der Waals surface area contributed by atoms with Gasteiger partial charge in [-0.25, -0.2) is 9.59 Å². The van der Waals surface area contributed by atoms with Crippen LogP contribution in [0.1, 0.15) is 54.4 Å². The van der Waals surface area contributed by atoms with Gasteiger partial charge < -0.3 is 19.5 Å². The maximum absolute atomic E-state index is 12.0. The van der Waals surface area contributed by atoms with E-state index >= 15 is 0 Å². The Balaban J connectivity index is 4.21. The van der Waals surface area contributed by atoms with Crippen molar-refractivity contribution < 1.29 is 23.8 Å². The summed E-state index contributed by atoms with van der Waals surface area (Å²) in [6, 6.07) is -0.731. The largest absolute Gasteiger partial charge is 0.462 e. The molecule has 0 radical (unpaired) electrons. The summed E-state index contributed by atoms with van der Waals surface area (Å²) >= 11 is 0. The molecule has 0 rings (SSSR count). The van der Waals surface area contributed by atoms with Crippen LogP contribution in [0.25, 0.3) is 0 Å². The summed E-state index contributed by atoms with van der Waals surface area (Å²) in [5.41, 5.74) is -0.608. The van der Waals surface area contributed by atoms with E-state index in [1.165, 1.54) is 0 Å². The number of esters is 1. The van der Waals surface area contributed by atoms with Crippen molar-refractivity contribution in [3.05, 3.63) is 0 Å². The summed E-state index contributed by atoms with van der Waals surface area (Å²) in [4.78, 5) is 23.8. The molecule has 0 unspecified atom stereocenters. The van der Waals surface area contributed by atoms with Crippen LogP contribution in [-0.4, -0.2) is 43.5 Å². The van der Waals surface area contributed by atoms with Gasteiger partial charge in [0.05, 0.1) is 6.61 Å². The molecule has 6 heteroatoms. The Hall–Kier alpha value is -1.30. The van der Waals surface area contributed by atoms with Crippen molar-refractivity contribution in [1.82, 2.24) is 5.32 Å². The number of alkyl carbamates (subject to hydrolysis) is 1. The molecular formula is C16H31NO5. The van der Waals surface area contributed by atoms with E-state index in [9.17, 15) is 9.59 Å². The second-order valence-corrected chi connectivity index (χ2v) is 6.50. The van der Waals surface area contributed by atoms with Crippen LogP contribution in [0.3, 0.4) is 0 Å². The number of amides is 1. The monoisotopic (exact) mass is 317 g/mol. The lowest BCUT2D eigenvalue weighted by atomic mass is 10.1. The van der Waals surface area contributed by atoms with Crippen molar-refractivity contribution in [3.8, 4) is 0 Å². The van der Waals surface area contributed by atoms with E-state index in [0.29, 0.717) is 13.2 Å². The Morgan fingerprint density at radius 2 is 1.73 bits per heavy atom. The molecule has 130 valence electrons. The molecule has 0 heterocycles. The number of carbonyl (C=O) groups excluding carboxylic acids is 2. The predicted octanol–water partition coefficient (Wildman–Crippen LogP) is 2.90. The highest BCUT2D eigenvalue weighted by molar-refractivity contribution is 5.81. The van der Waals surface area contributed by atoms with Gasteiger partial charge in [0, 0.05) is 6.61 Å². The smallest absolute Gasteiger partial charge is 0.408 e. The van der Waals surface area contributed by atoms with Gasteiger partial charge in [0.15, 0.2) is 0 Å². The lowest BCUT2D eigenvalue weighted by Crippen LogP contribution is -2.47. The zero-order valence-electron chi connectivity index (χ0n) is 14.7. The lowest BCUT2D eigenvalue weighted by molar-refractivity contribution is -0.149. The van der Waals surface area contributed by atoms with Crippen molar-refractivity contribution >= 4 is 12.1 Å². The zero-order valence-corrected chi connectivity index (χ0v) is 14.7. The van der Waals surface area contributed by atoms with E-state index in [1.807, 2.05) is 13.8 Å². The third kappa shape index (κ3) is 10.4. The molecule has 6 nitrogen and oxygen atoms in total. The fraction of sp³-hybridized carbons (Fsp3) is 0.875. The van der Waals surface area contributed by atoms with Crippen molar-refractivity contribution in [2.45, 2.75) is 66.0 Å². The molecule has 0 aromatic rings. The molecule has 0 aliphatic heterocycles. The summed E-state index contributed by atoms with van der Waals surface area (Å²) < 4.78 is 15.6. The number of rotatable bonds is 9. The highest BCUT2D eigenvalue weighted by Gasteiger charge is 2.28. The van der Waals surface area contributed by atoms with E-state index in [0.717, 1.165) is 12.8 Å². The first kappa shape index (κ1) is 20.7. The summed E-state index contributed by atoms with van der Waals surface area (Å²) in [6.07, 6.45) is 1.43. The molecule has 1 amide bonds. The van der Waals surface area contributed by atoms with Gasteiger partial charge in [-0.05, 0) is 33.1 Å². The maximum Gasteiger partial charge on any atom is 0.408 e. The van der Waals surface area contributed by atoms with Gasteiger partial charge in [0.25, 0.3) is 0 Å². The Kier molecular flexibility index (Phi) is 9.81. The molecule has 0 aliphatic rings. The van der Waals surface area contributed by atoms with E-state index in [4.69, 9.17) is 14.2 Å². The Bertz CT molecular complexity index is 336. The Morgan fingerprint density at radius 1 is 1.09 bits per heavy atom. The van der Waals surface area contributed by atoms with Gasteiger partial charge >= 0.3 is 12.1 Å². The third-order valence-electron chi connectivity index (χ3n) is 2.71. The summed E-state index contributed by atoms with van der Waals surface area (Å²) in [5, 5.41) is 2.56. The first-order chi connectivity index (χ1) is 10.2. The molecule has 0 aliphatic carbocycles. The third-order valence-corrected chi connectivity index (χ3v) is 2.71. The van der Waals surface area contributed by atoms with Crippen LogP contribution in [0.2, 0.25) is 0 Å². The number of unbranched alkanes of at least 4 members (excludes halogenated alkanes) is 1. The zero-order chi connectivity index (χ0) is 17.2. The molecule has 0 saturated carbocycles. The molecule has 1 N–H and O–H groups in total. The minimum Gasteiger partial charge on any atom is -0.462 e. The van der Waals surface area contributed by atoms with Crippen LogP contribution < -0.4 is 5.32 Å². The first-order valence-electron chi connectivity index (χ1n) is 7.91. The van der Waals surface area contributed by atoms with Crippen LogP contribution >= 0.6 is 0 Å². The summed E-state index contributed by atoms with van der Waals surface area (Å²) in [7, 11) is 0. The fourth-order valence-electron chi connectivity index (χ4n) is 1.57. The van der Waals surface area contributed by atoms with Crippen molar-refractivity contribution in [2.24, 2.45) is 5.92 Å². The second kappa shape index (κ2) is 10.4. The van der Waals surface area contributed by atoms with Crippen LogP contribution in [0.4, 0.5) is 4.79 Å². The average molecular weight is 317 g/mol. The minimum atomic E-state index is -0.731. The molecule has 22 heavy (non-hydrogen) atoms.